The highest BCUT2D eigenvalue weighted by Gasteiger charge is 2.07. The number of nitrogens with zero attached hydrogens (tertiary/aromatic N) is 1. The first-order chi connectivity index (χ1) is 7.78. The minimum absolute atomic E-state index is 0.597. The predicted molar refractivity (Wildman–Crippen MR) is 62.8 cm³/mol. The van der Waals surface area contributed by atoms with Crippen LogP contribution in [0.4, 0.5) is 5.69 Å². The summed E-state index contributed by atoms with van der Waals surface area (Å²) in [5.74, 6) is 0. The molecule has 16 heavy (non-hydrogen) atoms. The van der Waals surface area contributed by atoms with Gasteiger partial charge in [-0.2, -0.15) is 5.26 Å². The summed E-state index contributed by atoms with van der Waals surface area (Å²) < 4.78 is 5.64. The molecule has 2 N–H and O–H groups in total. The summed E-state index contributed by atoms with van der Waals surface area (Å²) >= 11 is 0. The van der Waals surface area contributed by atoms with E-state index >= 15 is 0 Å². The van der Waals surface area contributed by atoms with Crippen molar-refractivity contribution in [1.82, 2.24) is 0 Å². The maximum absolute atomic E-state index is 8.80. The lowest BCUT2D eigenvalue weighted by atomic mass is 10.1. The Hall–Kier alpha value is -2.47. The van der Waals surface area contributed by atoms with Crippen molar-refractivity contribution in [1.29, 1.82) is 5.26 Å². The normalized spacial score (nSPS) is 10.7. The molecule has 0 aliphatic heterocycles. The van der Waals surface area contributed by atoms with Crippen molar-refractivity contribution in [2.75, 3.05) is 5.73 Å². The molecule has 0 amide bonds. The third-order valence-electron chi connectivity index (χ3n) is 2.63. The maximum atomic E-state index is 8.80. The average Bonchev–Trinajstić information content (AvgIpc) is 2.64. The van der Waals surface area contributed by atoms with E-state index in [2.05, 4.69) is 6.07 Å². The van der Waals surface area contributed by atoms with Crippen LogP contribution in [0, 0.1) is 11.3 Å². The SMILES string of the molecule is N#Cc1ccc2c(c1)oc1cc(N)ccc12. The van der Waals surface area contributed by atoms with E-state index in [1.54, 1.807) is 18.2 Å². The zero-order chi connectivity index (χ0) is 11.1. The Bertz CT molecular complexity index is 735. The molecule has 0 fully saturated rings. The fraction of sp³-hybridized carbons (Fsp3) is 0. The first kappa shape index (κ1) is 8.81. The average molecular weight is 208 g/mol. The van der Waals surface area contributed by atoms with Gasteiger partial charge in [0.25, 0.3) is 0 Å². The molecule has 0 saturated heterocycles. The standard InChI is InChI=1S/C13H8N2O/c14-7-8-1-3-10-11-4-2-9(15)6-13(11)16-12(10)5-8/h1-6H,15H2. The number of hydrogen-bond donors (Lipinski definition) is 1. The Morgan fingerprint density at radius 3 is 2.44 bits per heavy atom. The number of hydrogen-bond acceptors (Lipinski definition) is 3. The van der Waals surface area contributed by atoms with E-state index in [-0.39, 0.29) is 0 Å². The smallest absolute Gasteiger partial charge is 0.137 e. The number of anilines is 1. The van der Waals surface area contributed by atoms with Crippen LogP contribution in [-0.4, -0.2) is 0 Å². The van der Waals surface area contributed by atoms with E-state index in [0.717, 1.165) is 21.9 Å². The first-order valence-corrected chi connectivity index (χ1v) is 4.90. The second-order valence-corrected chi connectivity index (χ2v) is 3.68. The van der Waals surface area contributed by atoms with E-state index in [1.807, 2.05) is 18.2 Å². The summed E-state index contributed by atoms with van der Waals surface area (Å²) in [5.41, 5.74) is 8.44. The number of furan rings is 1. The minimum atomic E-state index is 0.597. The number of benzene rings is 2. The van der Waals surface area contributed by atoms with Gasteiger partial charge >= 0.3 is 0 Å². The van der Waals surface area contributed by atoms with Crippen LogP contribution in [0.25, 0.3) is 21.9 Å². The summed E-state index contributed by atoms with van der Waals surface area (Å²) in [6, 6.07) is 13.1. The zero-order valence-electron chi connectivity index (χ0n) is 8.40. The summed E-state index contributed by atoms with van der Waals surface area (Å²) in [5, 5.41) is 10.8. The van der Waals surface area contributed by atoms with Gasteiger partial charge in [0.15, 0.2) is 0 Å². The van der Waals surface area contributed by atoms with Crippen LogP contribution in [0.1, 0.15) is 5.56 Å². The predicted octanol–water partition coefficient (Wildman–Crippen LogP) is 3.04. The lowest BCUT2D eigenvalue weighted by Crippen LogP contribution is -1.81. The molecule has 1 heterocycles. The highest BCUT2D eigenvalue weighted by atomic mass is 16.3. The van der Waals surface area contributed by atoms with Crippen molar-refractivity contribution in [2.24, 2.45) is 0 Å². The molecule has 2 aromatic carbocycles. The lowest BCUT2D eigenvalue weighted by molar-refractivity contribution is 0.669. The molecule has 76 valence electrons. The van der Waals surface area contributed by atoms with Gasteiger partial charge in [-0.1, -0.05) is 0 Å². The fourth-order valence-corrected chi connectivity index (χ4v) is 1.86. The largest absolute Gasteiger partial charge is 0.456 e. The molecule has 0 saturated carbocycles. The number of nitriles is 1. The summed E-state index contributed by atoms with van der Waals surface area (Å²) in [6.45, 7) is 0. The van der Waals surface area contributed by atoms with E-state index < -0.39 is 0 Å². The van der Waals surface area contributed by atoms with Crippen LogP contribution in [0.3, 0.4) is 0 Å². The third-order valence-corrected chi connectivity index (χ3v) is 2.63. The molecule has 0 aliphatic rings. The molecule has 3 rings (SSSR count). The molecular formula is C13H8N2O. The van der Waals surface area contributed by atoms with Crippen LogP contribution >= 0.6 is 0 Å². The van der Waals surface area contributed by atoms with Crippen LogP contribution in [0.15, 0.2) is 40.8 Å². The van der Waals surface area contributed by atoms with Crippen molar-refractivity contribution in [3.8, 4) is 6.07 Å². The first-order valence-electron chi connectivity index (χ1n) is 4.90. The molecule has 3 nitrogen and oxygen atoms in total. The van der Waals surface area contributed by atoms with Gasteiger partial charge in [0, 0.05) is 22.5 Å². The van der Waals surface area contributed by atoms with Gasteiger partial charge in [-0.3, -0.25) is 0 Å². The molecule has 0 radical (unpaired) electrons. The van der Waals surface area contributed by atoms with Crippen LogP contribution in [0.2, 0.25) is 0 Å². The third kappa shape index (κ3) is 1.14. The van der Waals surface area contributed by atoms with E-state index in [4.69, 9.17) is 15.4 Å². The highest BCUT2D eigenvalue weighted by Crippen LogP contribution is 2.30. The second-order valence-electron chi connectivity index (χ2n) is 3.68. The van der Waals surface area contributed by atoms with Gasteiger partial charge in [0.2, 0.25) is 0 Å². The Morgan fingerprint density at radius 2 is 1.69 bits per heavy atom. The Labute approximate surface area is 91.7 Å². The van der Waals surface area contributed by atoms with Crippen molar-refractivity contribution in [3.63, 3.8) is 0 Å². The molecule has 0 aliphatic carbocycles. The molecular weight excluding hydrogens is 200 g/mol. The Balaban J connectivity index is 2.46. The topological polar surface area (TPSA) is 63.0 Å². The van der Waals surface area contributed by atoms with E-state index in [1.165, 1.54) is 0 Å². The number of nitrogens with two attached hydrogens (primary N) is 1. The molecule has 3 heteroatoms. The van der Waals surface area contributed by atoms with Crippen molar-refractivity contribution >= 4 is 27.6 Å². The van der Waals surface area contributed by atoms with Crippen LogP contribution in [0.5, 0.6) is 0 Å². The van der Waals surface area contributed by atoms with Crippen LogP contribution in [-0.2, 0) is 0 Å². The van der Waals surface area contributed by atoms with Gasteiger partial charge in [-0.25, -0.2) is 0 Å². The van der Waals surface area contributed by atoms with Crippen molar-refractivity contribution < 1.29 is 4.42 Å². The van der Waals surface area contributed by atoms with Gasteiger partial charge in [-0.05, 0) is 30.3 Å². The molecule has 0 spiro atoms. The molecule has 0 bridgehead atoms. The van der Waals surface area contributed by atoms with E-state index in [9.17, 15) is 0 Å². The highest BCUT2D eigenvalue weighted by molar-refractivity contribution is 6.05. The monoisotopic (exact) mass is 208 g/mol. The van der Waals surface area contributed by atoms with Crippen molar-refractivity contribution in [3.05, 3.63) is 42.0 Å². The summed E-state index contributed by atoms with van der Waals surface area (Å²) in [6.07, 6.45) is 0. The van der Waals surface area contributed by atoms with Crippen LogP contribution < -0.4 is 5.73 Å². The maximum Gasteiger partial charge on any atom is 0.137 e. The molecule has 1 aromatic heterocycles. The quantitative estimate of drug-likeness (QED) is 0.577. The van der Waals surface area contributed by atoms with Gasteiger partial charge in [0.1, 0.15) is 11.2 Å². The van der Waals surface area contributed by atoms with Gasteiger partial charge in [-0.15, -0.1) is 0 Å². The van der Waals surface area contributed by atoms with Gasteiger partial charge in [0.05, 0.1) is 11.6 Å². The molecule has 0 atom stereocenters. The number of nitrogen functional groups attached to an aromatic ring is 1. The Morgan fingerprint density at radius 1 is 1.00 bits per heavy atom. The van der Waals surface area contributed by atoms with Gasteiger partial charge < -0.3 is 10.2 Å². The molecule has 0 unspecified atom stereocenters. The minimum Gasteiger partial charge on any atom is -0.456 e. The van der Waals surface area contributed by atoms with E-state index in [0.29, 0.717) is 11.3 Å². The molecule has 3 aromatic rings. The lowest BCUT2D eigenvalue weighted by Gasteiger charge is -1.91. The fourth-order valence-electron chi connectivity index (χ4n) is 1.86. The Kier molecular flexibility index (Phi) is 1.66. The van der Waals surface area contributed by atoms with Crippen molar-refractivity contribution in [2.45, 2.75) is 0 Å². The summed E-state index contributed by atoms with van der Waals surface area (Å²) in [7, 11) is 0. The summed E-state index contributed by atoms with van der Waals surface area (Å²) in [4.78, 5) is 0. The zero-order valence-corrected chi connectivity index (χ0v) is 8.40. The second kappa shape index (κ2) is 3.01. The number of rotatable bonds is 0. The number of fused-ring (bicyclic) bond motifs is 3.